The van der Waals surface area contributed by atoms with E-state index in [1.54, 1.807) is 4.90 Å². The number of nitrogens with zero attached hydrogens (tertiary/aromatic N) is 2. The summed E-state index contributed by atoms with van der Waals surface area (Å²) >= 11 is 0. The summed E-state index contributed by atoms with van der Waals surface area (Å²) in [6.45, 7) is 3.81. The van der Waals surface area contributed by atoms with Crippen molar-refractivity contribution in [2.75, 3.05) is 12.4 Å². The van der Waals surface area contributed by atoms with Gasteiger partial charge in [-0.2, -0.15) is 0 Å². The maximum absolute atomic E-state index is 12.0. The third-order valence-corrected chi connectivity index (χ3v) is 3.43. The molecule has 5 heteroatoms. The molecule has 1 aromatic rings. The van der Waals surface area contributed by atoms with Crippen molar-refractivity contribution in [1.82, 2.24) is 10.1 Å². The fraction of sp³-hybridized carbons (Fsp3) is 0.667. The van der Waals surface area contributed by atoms with E-state index in [0.29, 0.717) is 6.04 Å². The Labute approximate surface area is 101 Å². The lowest BCUT2D eigenvalue weighted by molar-refractivity contribution is 0.169. The van der Waals surface area contributed by atoms with E-state index in [1.807, 2.05) is 20.9 Å². The molecule has 0 aliphatic heterocycles. The highest BCUT2D eigenvalue weighted by atomic mass is 16.5. The molecule has 0 unspecified atom stereocenters. The Hall–Kier alpha value is -1.52. The maximum Gasteiger partial charge on any atom is 0.321 e. The van der Waals surface area contributed by atoms with Crippen molar-refractivity contribution in [3.63, 3.8) is 0 Å². The van der Waals surface area contributed by atoms with Gasteiger partial charge in [-0.25, -0.2) is 4.79 Å². The number of urea groups is 1. The zero-order valence-corrected chi connectivity index (χ0v) is 10.6. The van der Waals surface area contributed by atoms with Crippen LogP contribution in [-0.2, 0) is 6.42 Å². The number of carbonyl (C=O) groups excluding carboxylic acids is 1. The molecular formula is C12H19N3O2. The molecule has 5 nitrogen and oxygen atoms in total. The smallest absolute Gasteiger partial charge is 0.321 e. The zero-order valence-electron chi connectivity index (χ0n) is 10.6. The van der Waals surface area contributed by atoms with Crippen LogP contribution in [0.1, 0.15) is 37.6 Å². The van der Waals surface area contributed by atoms with Gasteiger partial charge in [0.05, 0.1) is 0 Å². The van der Waals surface area contributed by atoms with Gasteiger partial charge in [-0.05, 0) is 26.2 Å². The van der Waals surface area contributed by atoms with E-state index in [1.165, 1.54) is 6.42 Å². The molecule has 1 saturated carbocycles. The summed E-state index contributed by atoms with van der Waals surface area (Å²) < 4.78 is 5.14. The van der Waals surface area contributed by atoms with Crippen molar-refractivity contribution in [2.45, 2.75) is 45.6 Å². The third kappa shape index (κ3) is 2.28. The summed E-state index contributed by atoms with van der Waals surface area (Å²) in [5.41, 5.74) is 1.46. The molecule has 0 aromatic carbocycles. The molecule has 0 saturated heterocycles. The van der Waals surface area contributed by atoms with E-state index in [4.69, 9.17) is 4.52 Å². The van der Waals surface area contributed by atoms with Crippen molar-refractivity contribution >= 4 is 11.7 Å². The standard InChI is InChI=1S/C12H19N3O2/c1-4-10-11(8(2)14-17-10)13-12(16)15(3)9-6-5-7-9/h9H,4-7H2,1-3H3,(H,13,16). The van der Waals surface area contributed by atoms with Crippen LogP contribution < -0.4 is 5.32 Å². The summed E-state index contributed by atoms with van der Waals surface area (Å²) in [5, 5.41) is 6.76. The predicted molar refractivity (Wildman–Crippen MR) is 65.0 cm³/mol. The number of nitrogens with one attached hydrogen (secondary N) is 1. The van der Waals surface area contributed by atoms with Crippen molar-refractivity contribution in [1.29, 1.82) is 0 Å². The number of amides is 2. The van der Waals surface area contributed by atoms with E-state index in [2.05, 4.69) is 10.5 Å². The third-order valence-electron chi connectivity index (χ3n) is 3.43. The second-order valence-corrected chi connectivity index (χ2v) is 4.55. The maximum atomic E-state index is 12.0. The molecule has 0 radical (unpaired) electrons. The fourth-order valence-corrected chi connectivity index (χ4v) is 1.95. The van der Waals surface area contributed by atoms with Crippen molar-refractivity contribution in [3.05, 3.63) is 11.5 Å². The summed E-state index contributed by atoms with van der Waals surface area (Å²) in [6.07, 6.45) is 4.15. The van der Waals surface area contributed by atoms with Crippen LogP contribution in [0.4, 0.5) is 10.5 Å². The van der Waals surface area contributed by atoms with Crippen molar-refractivity contribution in [3.8, 4) is 0 Å². The monoisotopic (exact) mass is 237 g/mol. The van der Waals surface area contributed by atoms with Crippen molar-refractivity contribution < 1.29 is 9.32 Å². The molecule has 1 N–H and O–H groups in total. The van der Waals surface area contributed by atoms with Gasteiger partial charge in [-0.1, -0.05) is 12.1 Å². The van der Waals surface area contributed by atoms with Gasteiger partial charge in [0, 0.05) is 19.5 Å². The van der Waals surface area contributed by atoms with Gasteiger partial charge >= 0.3 is 6.03 Å². The van der Waals surface area contributed by atoms with E-state index in [9.17, 15) is 4.79 Å². The van der Waals surface area contributed by atoms with Gasteiger partial charge in [0.15, 0.2) is 5.76 Å². The first-order valence-corrected chi connectivity index (χ1v) is 6.12. The Morgan fingerprint density at radius 2 is 2.29 bits per heavy atom. The Morgan fingerprint density at radius 3 is 2.82 bits per heavy atom. The largest absolute Gasteiger partial charge is 0.359 e. The van der Waals surface area contributed by atoms with E-state index >= 15 is 0 Å². The molecule has 1 aliphatic carbocycles. The van der Waals surface area contributed by atoms with Crippen LogP contribution in [0.3, 0.4) is 0 Å². The minimum Gasteiger partial charge on any atom is -0.359 e. The topological polar surface area (TPSA) is 58.4 Å². The predicted octanol–water partition coefficient (Wildman–Crippen LogP) is 2.56. The number of carbonyl (C=O) groups is 1. The number of anilines is 1. The Balaban J connectivity index is 2.04. The SMILES string of the molecule is CCc1onc(C)c1NC(=O)N(C)C1CCC1. The highest BCUT2D eigenvalue weighted by molar-refractivity contribution is 5.90. The summed E-state index contributed by atoms with van der Waals surface area (Å²) in [6, 6.07) is 0.316. The number of aromatic nitrogens is 1. The lowest BCUT2D eigenvalue weighted by Crippen LogP contribution is -2.43. The molecule has 1 aliphatic rings. The molecule has 0 bridgehead atoms. The lowest BCUT2D eigenvalue weighted by atomic mass is 9.92. The second kappa shape index (κ2) is 4.77. The fourth-order valence-electron chi connectivity index (χ4n) is 1.95. The average Bonchev–Trinajstić information content (AvgIpc) is 2.57. The molecule has 1 heterocycles. The molecule has 2 rings (SSSR count). The first-order chi connectivity index (χ1) is 8.13. The van der Waals surface area contributed by atoms with E-state index in [0.717, 1.165) is 36.4 Å². The van der Waals surface area contributed by atoms with Crippen LogP contribution in [0.2, 0.25) is 0 Å². The molecule has 1 aromatic heterocycles. The molecule has 0 spiro atoms. The molecule has 94 valence electrons. The summed E-state index contributed by atoms with van der Waals surface area (Å²) in [4.78, 5) is 13.8. The van der Waals surface area contributed by atoms with Gasteiger partial charge in [0.1, 0.15) is 11.4 Å². The summed E-state index contributed by atoms with van der Waals surface area (Å²) in [7, 11) is 1.84. The molecule has 17 heavy (non-hydrogen) atoms. The second-order valence-electron chi connectivity index (χ2n) is 4.55. The van der Waals surface area contributed by atoms with Gasteiger partial charge in [-0.15, -0.1) is 0 Å². The minimum atomic E-state index is -0.0734. The number of aryl methyl sites for hydroxylation is 2. The van der Waals surface area contributed by atoms with Gasteiger partial charge < -0.3 is 14.7 Å². The van der Waals surface area contributed by atoms with Crippen LogP contribution in [0.5, 0.6) is 0 Å². The van der Waals surface area contributed by atoms with Gasteiger partial charge in [-0.3, -0.25) is 0 Å². The quantitative estimate of drug-likeness (QED) is 0.879. The molecular weight excluding hydrogens is 218 g/mol. The summed E-state index contributed by atoms with van der Waals surface area (Å²) in [5.74, 6) is 0.734. The molecule has 0 atom stereocenters. The van der Waals surface area contributed by atoms with E-state index in [-0.39, 0.29) is 6.03 Å². The van der Waals surface area contributed by atoms with Crippen LogP contribution in [0.25, 0.3) is 0 Å². The highest BCUT2D eigenvalue weighted by Gasteiger charge is 2.26. The van der Waals surface area contributed by atoms with Gasteiger partial charge in [0.25, 0.3) is 0 Å². The first-order valence-electron chi connectivity index (χ1n) is 6.12. The van der Waals surface area contributed by atoms with Gasteiger partial charge in [0.2, 0.25) is 0 Å². The Morgan fingerprint density at radius 1 is 1.59 bits per heavy atom. The molecule has 1 fully saturated rings. The van der Waals surface area contributed by atoms with Crippen LogP contribution >= 0.6 is 0 Å². The minimum absolute atomic E-state index is 0.0734. The highest BCUT2D eigenvalue weighted by Crippen LogP contribution is 2.25. The Kier molecular flexibility index (Phi) is 3.36. The average molecular weight is 237 g/mol. The van der Waals surface area contributed by atoms with E-state index < -0.39 is 0 Å². The first kappa shape index (κ1) is 12.0. The Bertz CT molecular complexity index is 410. The lowest BCUT2D eigenvalue weighted by Gasteiger charge is -2.34. The number of hydrogen-bond acceptors (Lipinski definition) is 3. The number of rotatable bonds is 3. The van der Waals surface area contributed by atoms with Crippen molar-refractivity contribution in [2.24, 2.45) is 0 Å². The molecule has 2 amide bonds. The normalized spacial score (nSPS) is 15.5. The zero-order chi connectivity index (χ0) is 12.4. The number of hydrogen-bond donors (Lipinski definition) is 1. The van der Waals surface area contributed by atoms with Crippen LogP contribution in [0, 0.1) is 6.92 Å². The van der Waals surface area contributed by atoms with Crippen LogP contribution in [-0.4, -0.2) is 29.2 Å². The van der Waals surface area contributed by atoms with Crippen LogP contribution in [0.15, 0.2) is 4.52 Å².